The van der Waals surface area contributed by atoms with E-state index < -0.39 is 0 Å². The number of likely N-dealkylation sites (tertiary alicyclic amines) is 1. The lowest BCUT2D eigenvalue weighted by atomic mass is 10.00. The van der Waals surface area contributed by atoms with Crippen LogP contribution >= 0.6 is 0 Å². The molecule has 1 aliphatic heterocycles. The third kappa shape index (κ3) is 2.50. The van der Waals surface area contributed by atoms with Crippen LogP contribution in [-0.4, -0.2) is 35.7 Å². The first-order chi connectivity index (χ1) is 7.31. The molecule has 2 rings (SSSR count). The van der Waals surface area contributed by atoms with Crippen molar-refractivity contribution in [2.75, 3.05) is 19.6 Å². The lowest BCUT2D eigenvalue weighted by Gasteiger charge is -2.17. The molecular formula is C12H20N2O. The van der Waals surface area contributed by atoms with Crippen LogP contribution in [0.3, 0.4) is 0 Å². The van der Waals surface area contributed by atoms with Gasteiger partial charge in [0, 0.05) is 25.4 Å². The summed E-state index contributed by atoms with van der Waals surface area (Å²) in [6.45, 7) is 3.37. The van der Waals surface area contributed by atoms with E-state index in [9.17, 15) is 5.11 Å². The Morgan fingerprint density at radius 3 is 2.87 bits per heavy atom. The van der Waals surface area contributed by atoms with Gasteiger partial charge in [0.05, 0.1) is 12.2 Å². The highest BCUT2D eigenvalue weighted by molar-refractivity contribution is 4.93. The third-order valence-corrected chi connectivity index (χ3v) is 3.91. The molecule has 1 saturated heterocycles. The van der Waals surface area contributed by atoms with Gasteiger partial charge in [0.15, 0.2) is 0 Å². The van der Waals surface area contributed by atoms with E-state index in [1.54, 1.807) is 0 Å². The minimum atomic E-state index is -0.0425. The fourth-order valence-corrected chi connectivity index (χ4v) is 3.05. The van der Waals surface area contributed by atoms with Crippen LogP contribution in [-0.2, 0) is 0 Å². The summed E-state index contributed by atoms with van der Waals surface area (Å²) in [6.07, 6.45) is 5.01. The highest BCUT2D eigenvalue weighted by Gasteiger charge is 2.41. The van der Waals surface area contributed by atoms with Gasteiger partial charge in [-0.15, -0.1) is 0 Å². The fourth-order valence-electron chi connectivity index (χ4n) is 3.05. The van der Waals surface area contributed by atoms with Gasteiger partial charge in [-0.1, -0.05) is 0 Å². The summed E-state index contributed by atoms with van der Waals surface area (Å²) in [6, 6.07) is 2.18. The van der Waals surface area contributed by atoms with E-state index in [0.717, 1.165) is 38.3 Å². The Morgan fingerprint density at radius 1 is 1.27 bits per heavy atom. The maximum atomic E-state index is 9.76. The summed E-state index contributed by atoms with van der Waals surface area (Å²) in [5.74, 6) is 1.29. The van der Waals surface area contributed by atoms with Crippen LogP contribution in [0.5, 0.6) is 0 Å². The Morgan fingerprint density at radius 2 is 2.13 bits per heavy atom. The van der Waals surface area contributed by atoms with Crippen molar-refractivity contribution >= 4 is 0 Å². The minimum Gasteiger partial charge on any atom is -0.393 e. The Kier molecular flexibility index (Phi) is 3.61. The molecule has 1 N–H and O–H groups in total. The number of hydrogen-bond acceptors (Lipinski definition) is 3. The topological polar surface area (TPSA) is 47.3 Å². The molecule has 2 aliphatic rings. The summed E-state index contributed by atoms with van der Waals surface area (Å²) in [5.41, 5.74) is 0. The van der Waals surface area contributed by atoms with E-state index in [4.69, 9.17) is 5.26 Å². The molecule has 0 amide bonds. The second-order valence-electron chi connectivity index (χ2n) is 4.94. The zero-order chi connectivity index (χ0) is 10.7. The lowest BCUT2D eigenvalue weighted by molar-refractivity contribution is 0.124. The van der Waals surface area contributed by atoms with Gasteiger partial charge in [0.25, 0.3) is 0 Å². The average Bonchev–Trinajstić information content (AvgIpc) is 2.76. The Balaban J connectivity index is 1.68. The van der Waals surface area contributed by atoms with Gasteiger partial charge < -0.3 is 10.0 Å². The Labute approximate surface area is 91.7 Å². The Hall–Kier alpha value is -0.590. The van der Waals surface area contributed by atoms with E-state index >= 15 is 0 Å². The number of fused-ring (bicyclic) bond motifs is 1. The highest BCUT2D eigenvalue weighted by Crippen LogP contribution is 2.37. The molecule has 84 valence electrons. The van der Waals surface area contributed by atoms with Gasteiger partial charge in [-0.05, 0) is 38.1 Å². The molecular weight excluding hydrogens is 188 g/mol. The molecule has 0 bridgehead atoms. The normalized spacial score (nSPS) is 35.3. The van der Waals surface area contributed by atoms with Crippen molar-refractivity contribution in [2.24, 2.45) is 11.8 Å². The monoisotopic (exact) mass is 208 g/mol. The van der Waals surface area contributed by atoms with E-state index in [2.05, 4.69) is 11.0 Å². The molecule has 1 aliphatic carbocycles. The van der Waals surface area contributed by atoms with Crippen LogP contribution in [0.25, 0.3) is 0 Å². The number of nitriles is 1. The van der Waals surface area contributed by atoms with E-state index in [-0.39, 0.29) is 6.10 Å². The lowest BCUT2D eigenvalue weighted by Crippen LogP contribution is -2.25. The molecule has 3 unspecified atom stereocenters. The van der Waals surface area contributed by atoms with Crippen LogP contribution in [0, 0.1) is 23.2 Å². The SMILES string of the molecule is N#CCCCCN1CC2CCC(O)C2C1. The summed E-state index contributed by atoms with van der Waals surface area (Å²) in [7, 11) is 0. The van der Waals surface area contributed by atoms with Gasteiger partial charge in [0.2, 0.25) is 0 Å². The highest BCUT2D eigenvalue weighted by atomic mass is 16.3. The van der Waals surface area contributed by atoms with Gasteiger partial charge in [-0.2, -0.15) is 5.26 Å². The Bertz CT molecular complexity index is 248. The average molecular weight is 208 g/mol. The summed E-state index contributed by atoms with van der Waals surface area (Å²) in [4.78, 5) is 2.47. The predicted octanol–water partition coefficient (Wildman–Crippen LogP) is 1.38. The quantitative estimate of drug-likeness (QED) is 0.710. The molecule has 15 heavy (non-hydrogen) atoms. The van der Waals surface area contributed by atoms with Crippen molar-refractivity contribution in [3.05, 3.63) is 0 Å². The number of hydrogen-bond donors (Lipinski definition) is 1. The van der Waals surface area contributed by atoms with Gasteiger partial charge in [0.1, 0.15) is 0 Å². The predicted molar refractivity (Wildman–Crippen MR) is 58.1 cm³/mol. The first kappa shape index (κ1) is 10.9. The number of unbranched alkanes of at least 4 members (excludes halogenated alkanes) is 2. The maximum absolute atomic E-state index is 9.76. The van der Waals surface area contributed by atoms with Crippen molar-refractivity contribution in [1.82, 2.24) is 4.90 Å². The summed E-state index contributed by atoms with van der Waals surface area (Å²) < 4.78 is 0. The molecule has 3 nitrogen and oxygen atoms in total. The van der Waals surface area contributed by atoms with Crippen LogP contribution in [0.2, 0.25) is 0 Å². The van der Waals surface area contributed by atoms with Crippen molar-refractivity contribution in [3.63, 3.8) is 0 Å². The number of aliphatic hydroxyl groups is 1. The van der Waals surface area contributed by atoms with Crippen LogP contribution in [0.15, 0.2) is 0 Å². The van der Waals surface area contributed by atoms with Gasteiger partial charge in [-0.3, -0.25) is 0 Å². The van der Waals surface area contributed by atoms with Crippen molar-refractivity contribution in [3.8, 4) is 6.07 Å². The summed E-state index contributed by atoms with van der Waals surface area (Å²) >= 11 is 0. The molecule has 3 atom stereocenters. The molecule has 0 aromatic rings. The molecule has 1 heterocycles. The molecule has 0 radical (unpaired) electrons. The molecule has 3 heteroatoms. The number of nitrogens with zero attached hydrogens (tertiary/aromatic N) is 2. The molecule has 0 aromatic carbocycles. The first-order valence-corrected chi connectivity index (χ1v) is 6.08. The number of rotatable bonds is 4. The second-order valence-corrected chi connectivity index (χ2v) is 4.94. The standard InChI is InChI=1S/C12H20N2O/c13-6-2-1-3-7-14-8-10-4-5-12(15)11(10)9-14/h10-12,15H,1-5,7-9H2. The maximum Gasteiger partial charge on any atom is 0.0621 e. The summed E-state index contributed by atoms with van der Waals surface area (Å²) in [5, 5.41) is 18.2. The zero-order valence-corrected chi connectivity index (χ0v) is 9.23. The van der Waals surface area contributed by atoms with E-state index in [0.29, 0.717) is 12.3 Å². The smallest absolute Gasteiger partial charge is 0.0621 e. The van der Waals surface area contributed by atoms with E-state index in [1.807, 2.05) is 0 Å². The minimum absolute atomic E-state index is 0.0425. The van der Waals surface area contributed by atoms with Crippen LogP contribution < -0.4 is 0 Å². The van der Waals surface area contributed by atoms with Crippen LogP contribution in [0.1, 0.15) is 32.1 Å². The molecule has 1 saturated carbocycles. The first-order valence-electron chi connectivity index (χ1n) is 6.08. The largest absolute Gasteiger partial charge is 0.393 e. The van der Waals surface area contributed by atoms with Crippen molar-refractivity contribution in [2.45, 2.75) is 38.2 Å². The number of aliphatic hydroxyl groups excluding tert-OH is 1. The van der Waals surface area contributed by atoms with Crippen LogP contribution in [0.4, 0.5) is 0 Å². The van der Waals surface area contributed by atoms with Gasteiger partial charge >= 0.3 is 0 Å². The molecule has 2 fully saturated rings. The zero-order valence-electron chi connectivity index (χ0n) is 9.23. The fraction of sp³-hybridized carbons (Fsp3) is 0.917. The van der Waals surface area contributed by atoms with Gasteiger partial charge in [-0.25, -0.2) is 0 Å². The second kappa shape index (κ2) is 4.96. The van der Waals surface area contributed by atoms with Crippen molar-refractivity contribution < 1.29 is 5.11 Å². The molecule has 0 aromatic heterocycles. The third-order valence-electron chi connectivity index (χ3n) is 3.91. The van der Waals surface area contributed by atoms with Crippen molar-refractivity contribution in [1.29, 1.82) is 5.26 Å². The molecule has 0 spiro atoms. The van der Waals surface area contributed by atoms with E-state index in [1.165, 1.54) is 13.0 Å².